The molecule has 2 saturated heterocycles. The van der Waals surface area contributed by atoms with Crippen molar-refractivity contribution in [3.05, 3.63) is 37.5 Å². The van der Waals surface area contributed by atoms with Gasteiger partial charge in [0.1, 0.15) is 37.1 Å². The topological polar surface area (TPSA) is 223 Å². The lowest BCUT2D eigenvalue weighted by atomic mass is 10.1. The first kappa shape index (κ1) is 36.0. The molecule has 2 aliphatic heterocycles. The molecular formula is C25H32F2N10O8P2S2. The molecule has 2 fully saturated rings. The van der Waals surface area contributed by atoms with Crippen LogP contribution in [0, 0.1) is 0 Å². The Bertz CT molecular complexity index is 1840. The Morgan fingerprint density at radius 3 is 1.76 bits per heavy atom. The van der Waals surface area contributed by atoms with Gasteiger partial charge in [0.15, 0.2) is 58.8 Å². The van der Waals surface area contributed by atoms with Crippen LogP contribution in [-0.2, 0) is 27.7 Å². The average molecular weight is 765 g/mol. The summed E-state index contributed by atoms with van der Waals surface area (Å²) in [5.41, 5.74) is 1.31. The number of aliphatic hydroxyl groups is 2. The predicted octanol–water partition coefficient (Wildman–Crippen LogP) is 2.30. The van der Waals surface area contributed by atoms with E-state index in [0.717, 1.165) is 0 Å². The minimum atomic E-state index is -2.79. The molecule has 0 aliphatic carbocycles. The first-order valence-electron chi connectivity index (χ1n) is 14.8. The highest BCUT2D eigenvalue weighted by Gasteiger charge is 2.49. The number of nitrogens with one attached hydrogen (secondary N) is 2. The zero-order chi connectivity index (χ0) is 34.7. The summed E-state index contributed by atoms with van der Waals surface area (Å²) in [5, 5.41) is 25.5. The maximum absolute atomic E-state index is 15.2. The van der Waals surface area contributed by atoms with Gasteiger partial charge >= 0.3 is 0 Å². The second-order valence-corrected chi connectivity index (χ2v) is 14.5. The normalized spacial score (nSPS) is 28.5. The predicted molar refractivity (Wildman–Crippen MR) is 179 cm³/mol. The number of aromatic nitrogens is 8. The van der Waals surface area contributed by atoms with Crippen molar-refractivity contribution in [3.8, 4) is 0 Å². The Kier molecular flexibility index (Phi) is 11.8. The molecule has 4 aromatic rings. The van der Waals surface area contributed by atoms with E-state index in [0.29, 0.717) is 42.2 Å². The second-order valence-electron chi connectivity index (χ2n) is 10.7. The number of hydrogen-bond acceptors (Lipinski definition) is 16. The third kappa shape index (κ3) is 7.63. The van der Waals surface area contributed by atoms with E-state index >= 15 is 8.78 Å². The molecule has 266 valence electrons. The molecule has 49 heavy (non-hydrogen) atoms. The Labute approximate surface area is 288 Å². The monoisotopic (exact) mass is 764 g/mol. The van der Waals surface area contributed by atoms with Crippen LogP contribution >= 0.6 is 39.0 Å². The molecule has 2 unspecified atom stereocenters. The third-order valence-corrected chi connectivity index (χ3v) is 9.37. The van der Waals surface area contributed by atoms with Crippen LogP contribution in [0.15, 0.2) is 37.5 Å². The van der Waals surface area contributed by atoms with Crippen molar-refractivity contribution in [2.75, 3.05) is 36.9 Å². The molecule has 6 rings (SSSR count). The van der Waals surface area contributed by atoms with Crippen LogP contribution in [0.4, 0.5) is 20.4 Å². The minimum Gasteiger partial charge on any atom is -0.394 e. The molecule has 18 nitrogen and oxygen atoms in total. The Hall–Kier alpha value is -2.78. The van der Waals surface area contributed by atoms with Gasteiger partial charge in [-0.25, -0.2) is 38.7 Å². The second kappa shape index (κ2) is 16.1. The van der Waals surface area contributed by atoms with Crippen LogP contribution in [0.2, 0.25) is 0 Å². The summed E-state index contributed by atoms with van der Waals surface area (Å²) in [7, 11) is -5.57. The summed E-state index contributed by atoms with van der Waals surface area (Å²) < 4.78 is 77.6. The lowest BCUT2D eigenvalue weighted by Gasteiger charge is -2.16. The summed E-state index contributed by atoms with van der Waals surface area (Å²) in [6.07, 6.45) is -0.955. The quantitative estimate of drug-likeness (QED) is 0.0442. The number of thiol groups is 2. The highest BCUT2D eigenvalue weighted by atomic mass is 32.7. The molecule has 10 atom stereocenters. The summed E-state index contributed by atoms with van der Waals surface area (Å²) in [6.45, 7) is -0.245. The van der Waals surface area contributed by atoms with Crippen LogP contribution in [0.25, 0.3) is 22.3 Å². The van der Waals surface area contributed by atoms with Gasteiger partial charge in [0, 0.05) is 13.1 Å². The lowest BCUT2D eigenvalue weighted by molar-refractivity contribution is -0.0427. The number of rotatable bonds is 15. The maximum atomic E-state index is 15.2. The molecular weight excluding hydrogens is 732 g/mol. The molecule has 0 amide bonds. The fourth-order valence-corrected chi connectivity index (χ4v) is 7.37. The van der Waals surface area contributed by atoms with Gasteiger partial charge in [-0.3, -0.25) is 18.3 Å². The van der Waals surface area contributed by atoms with E-state index < -0.39 is 76.9 Å². The van der Waals surface area contributed by atoms with Gasteiger partial charge in [-0.15, -0.1) is 0 Å². The molecule has 0 bridgehead atoms. The Morgan fingerprint density at radius 1 is 0.796 bits per heavy atom. The van der Waals surface area contributed by atoms with Gasteiger partial charge in [0.25, 0.3) is 0 Å². The smallest absolute Gasteiger partial charge is 0.243 e. The number of nitrogens with zero attached hydrogens (tertiary/aromatic N) is 8. The molecule has 2 aliphatic rings. The number of imidazole rings is 2. The van der Waals surface area contributed by atoms with Crippen LogP contribution in [0.1, 0.15) is 18.9 Å². The van der Waals surface area contributed by atoms with Gasteiger partial charge in [-0.05, 0) is 6.42 Å². The summed E-state index contributed by atoms with van der Waals surface area (Å²) in [6, 6.07) is 0. The zero-order valence-electron chi connectivity index (χ0n) is 25.2. The summed E-state index contributed by atoms with van der Waals surface area (Å²) in [4.78, 5) is 25.6. The number of halogens is 2. The Balaban J connectivity index is 1.03. The van der Waals surface area contributed by atoms with E-state index in [1.807, 2.05) is 12.2 Å². The number of aliphatic hydroxyl groups excluding tert-OH is 2. The van der Waals surface area contributed by atoms with Crippen LogP contribution in [0.3, 0.4) is 0 Å². The Morgan fingerprint density at radius 2 is 1.29 bits per heavy atom. The van der Waals surface area contributed by atoms with Crippen LogP contribution in [0.5, 0.6) is 0 Å². The van der Waals surface area contributed by atoms with E-state index in [2.05, 4.69) is 65.0 Å². The molecule has 0 radical (unpaired) electrons. The maximum Gasteiger partial charge on any atom is 0.243 e. The van der Waals surface area contributed by atoms with Gasteiger partial charge < -0.3 is 39.4 Å². The molecule has 0 saturated carbocycles. The standard InChI is InChI=1S/C25H32F2N10O8P2S2/c26-14-18(44-46(40)48)12(6-38)42-24(14)36-10-34-16-20(30-8-32-22(16)36)28-4-2-1-3-5-29-21-17-23(33-9-31-21)37(11-35-17)25-15(27)19(45-47(41)49)13(7-39)43-25/h1-2,8-15,18-19,24-25,38-39,46-47H,3-7H2,(H,40,48)(H,41,49)(H,28,30,32)(H,29,31,33)/b2-1+/t12-,13-,14-,15-,18-,19-,24-,25-/m1/s1. The number of anilines is 2. The van der Waals surface area contributed by atoms with E-state index in [1.165, 1.54) is 34.4 Å². The van der Waals surface area contributed by atoms with E-state index in [-0.39, 0.29) is 11.3 Å². The number of fused-ring (bicyclic) bond motifs is 2. The van der Waals surface area contributed by atoms with Crippen molar-refractivity contribution in [2.45, 2.75) is 55.6 Å². The minimum absolute atomic E-state index is 0.283. The largest absolute Gasteiger partial charge is 0.394 e. The van der Waals surface area contributed by atoms with Gasteiger partial charge in [0.2, 0.25) is 14.5 Å². The van der Waals surface area contributed by atoms with Gasteiger partial charge in [-0.2, -0.15) is 0 Å². The SMILES string of the molecule is O=[PH](S)O[C@H]1[C@@H](F)[C@H](n2cnc3c(NC/C=C/CCNc4ncnc5c4ncn5[C@@H]4O[C@H](CO)[C@@H](O[PH](=O)S)[C@H]4F)ncnc32)O[C@@H]1CO. The van der Waals surface area contributed by atoms with Gasteiger partial charge in [-0.1, -0.05) is 36.6 Å². The van der Waals surface area contributed by atoms with Crippen LogP contribution < -0.4 is 10.6 Å². The number of ether oxygens (including phenoxy) is 2. The lowest BCUT2D eigenvalue weighted by Crippen LogP contribution is -2.31. The zero-order valence-corrected chi connectivity index (χ0v) is 29.0. The highest BCUT2D eigenvalue weighted by Crippen LogP contribution is 2.42. The first-order chi connectivity index (χ1) is 23.7. The van der Waals surface area contributed by atoms with Crippen LogP contribution in [-0.4, -0.2) is 112 Å². The van der Waals surface area contributed by atoms with Crippen molar-refractivity contribution < 1.29 is 46.6 Å². The highest BCUT2D eigenvalue weighted by molar-refractivity contribution is 8.39. The van der Waals surface area contributed by atoms with Crippen molar-refractivity contribution in [1.29, 1.82) is 0 Å². The van der Waals surface area contributed by atoms with Crippen molar-refractivity contribution in [3.63, 3.8) is 0 Å². The van der Waals surface area contributed by atoms with Crippen molar-refractivity contribution in [2.24, 2.45) is 0 Å². The average Bonchev–Trinajstić information content (AvgIpc) is 3.85. The molecule has 6 heterocycles. The fraction of sp³-hybridized carbons (Fsp3) is 0.520. The van der Waals surface area contributed by atoms with E-state index in [1.54, 1.807) is 0 Å². The van der Waals surface area contributed by atoms with Crippen molar-refractivity contribution in [1.82, 2.24) is 39.0 Å². The van der Waals surface area contributed by atoms with Crippen molar-refractivity contribution >= 4 is 72.9 Å². The number of hydrogen-bond donors (Lipinski definition) is 6. The molecule has 4 N–H and O–H groups in total. The third-order valence-electron chi connectivity index (χ3n) is 7.79. The molecule has 0 aromatic carbocycles. The molecule has 0 spiro atoms. The number of alkyl halides is 2. The molecule has 24 heteroatoms. The summed E-state index contributed by atoms with van der Waals surface area (Å²) in [5.74, 6) is 0.815. The summed E-state index contributed by atoms with van der Waals surface area (Å²) >= 11 is 7.43. The molecule has 4 aromatic heterocycles. The first-order valence-corrected chi connectivity index (χ1v) is 20.0. The fourth-order valence-electron chi connectivity index (χ4n) is 5.61. The van der Waals surface area contributed by atoms with E-state index in [9.17, 15) is 19.3 Å². The van der Waals surface area contributed by atoms with Gasteiger partial charge in [0.05, 0.1) is 25.9 Å². The van der Waals surface area contributed by atoms with E-state index in [4.69, 9.17) is 18.5 Å².